The summed E-state index contributed by atoms with van der Waals surface area (Å²) >= 11 is 0. The van der Waals surface area contributed by atoms with E-state index in [9.17, 15) is 0 Å². The summed E-state index contributed by atoms with van der Waals surface area (Å²) in [5, 5.41) is 0. The highest BCUT2D eigenvalue weighted by Crippen LogP contribution is 2.14. The minimum atomic E-state index is -0.0607. The summed E-state index contributed by atoms with van der Waals surface area (Å²) in [5.74, 6) is 0. The molecule has 0 radical (unpaired) electrons. The molecule has 0 saturated carbocycles. The monoisotopic (exact) mass is 751 g/mol. The Hall–Kier alpha value is -0.440. The van der Waals surface area contributed by atoms with E-state index in [0.717, 1.165) is 32.5 Å². The first-order valence-electron chi connectivity index (χ1n) is 21.4. The zero-order valence-corrected chi connectivity index (χ0v) is 33.6. The first kappa shape index (κ1) is 49.6. The van der Waals surface area contributed by atoms with Crippen LogP contribution in [-0.4, -0.2) is 138 Å². The fourth-order valence-corrected chi connectivity index (χ4v) is 5.69. The Morgan fingerprint density at radius 2 is 0.615 bits per heavy atom. The van der Waals surface area contributed by atoms with E-state index in [-0.39, 0.29) is 6.29 Å². The predicted octanol–water partition coefficient (Wildman–Crippen LogP) is 7.94. The van der Waals surface area contributed by atoms with Crippen LogP contribution in [0.4, 0.5) is 0 Å². The van der Waals surface area contributed by atoms with Crippen LogP contribution in [0.25, 0.3) is 0 Å². The maximum atomic E-state index is 5.70. The fraction of sp³-hybridized carbons (Fsp3) is 1.00. The Bertz CT molecular complexity index is 640. The molecule has 0 N–H and O–H groups in total. The Labute approximate surface area is 319 Å². The lowest BCUT2D eigenvalue weighted by Gasteiger charge is -2.22. The molecule has 11 heteroatoms. The molecular weight excluding hydrogens is 668 g/mol. The maximum Gasteiger partial charge on any atom is 0.157 e. The Kier molecular flexibility index (Phi) is 42.9. The molecule has 1 heterocycles. The van der Waals surface area contributed by atoms with Gasteiger partial charge in [0.2, 0.25) is 0 Å². The van der Waals surface area contributed by atoms with E-state index in [0.29, 0.717) is 119 Å². The molecule has 0 spiro atoms. The van der Waals surface area contributed by atoms with Crippen LogP contribution in [0.15, 0.2) is 0 Å². The molecule has 0 aliphatic carbocycles. The second kappa shape index (κ2) is 45.0. The largest absolute Gasteiger partial charge is 0.379 e. The molecule has 1 unspecified atom stereocenters. The smallest absolute Gasteiger partial charge is 0.157 e. The lowest BCUT2D eigenvalue weighted by molar-refractivity contribution is -0.169. The zero-order chi connectivity index (χ0) is 36.9. The van der Waals surface area contributed by atoms with Crippen molar-refractivity contribution in [1.29, 1.82) is 0 Å². The average molecular weight is 751 g/mol. The van der Waals surface area contributed by atoms with Gasteiger partial charge >= 0.3 is 0 Å². The third-order valence-electron chi connectivity index (χ3n) is 8.79. The van der Waals surface area contributed by atoms with Gasteiger partial charge in [-0.25, -0.2) is 0 Å². The van der Waals surface area contributed by atoms with Crippen molar-refractivity contribution in [3.63, 3.8) is 0 Å². The minimum Gasteiger partial charge on any atom is -0.379 e. The molecule has 0 amide bonds. The Morgan fingerprint density at radius 1 is 0.327 bits per heavy atom. The summed E-state index contributed by atoms with van der Waals surface area (Å²) < 4.78 is 61.0. The van der Waals surface area contributed by atoms with Crippen LogP contribution >= 0.6 is 0 Å². The van der Waals surface area contributed by atoms with Gasteiger partial charge in [0.15, 0.2) is 6.29 Å². The van der Waals surface area contributed by atoms with Crippen LogP contribution in [0.2, 0.25) is 0 Å². The maximum absolute atomic E-state index is 5.70. The van der Waals surface area contributed by atoms with Crippen molar-refractivity contribution < 1.29 is 52.1 Å². The third kappa shape index (κ3) is 40.7. The number of rotatable bonds is 45. The molecule has 1 aliphatic heterocycles. The molecule has 1 saturated heterocycles. The van der Waals surface area contributed by atoms with Gasteiger partial charge in [-0.15, -0.1) is 0 Å². The van der Waals surface area contributed by atoms with Gasteiger partial charge in [0.25, 0.3) is 0 Å². The normalized spacial score (nSPS) is 14.8. The molecule has 1 rings (SSSR count). The second-order valence-corrected chi connectivity index (χ2v) is 13.5. The van der Waals surface area contributed by atoms with Crippen LogP contribution < -0.4 is 0 Å². The lowest BCUT2D eigenvalue weighted by Crippen LogP contribution is -2.24. The van der Waals surface area contributed by atoms with E-state index in [4.69, 9.17) is 52.1 Å². The lowest BCUT2D eigenvalue weighted by atomic mass is 10.0. The Balaban J connectivity index is 1.59. The van der Waals surface area contributed by atoms with Gasteiger partial charge in [-0.3, -0.25) is 0 Å². The standard InChI is InChI=1S/C41H82O11/c1-2-3-4-5-6-7-8-9-10-11-12-13-14-15-16-18-21-42-23-24-43-25-26-44-27-28-45-29-30-46-31-32-47-33-34-48-35-36-49-37-38-50-39-40-52-41-20-17-19-22-51-41/h41H,2-40H2,1H3. The third-order valence-corrected chi connectivity index (χ3v) is 8.79. The van der Waals surface area contributed by atoms with Gasteiger partial charge in [0, 0.05) is 13.2 Å². The molecule has 1 atom stereocenters. The fourth-order valence-electron chi connectivity index (χ4n) is 5.69. The molecular formula is C41H82O11. The molecule has 312 valence electrons. The molecule has 11 nitrogen and oxygen atoms in total. The highest BCUT2D eigenvalue weighted by Gasteiger charge is 2.13. The van der Waals surface area contributed by atoms with Crippen LogP contribution in [-0.2, 0) is 52.1 Å². The van der Waals surface area contributed by atoms with Crippen molar-refractivity contribution in [2.75, 3.05) is 132 Å². The summed E-state index contributed by atoms with van der Waals surface area (Å²) in [6.45, 7) is 13.9. The van der Waals surface area contributed by atoms with E-state index in [2.05, 4.69) is 6.92 Å². The number of hydrogen-bond acceptors (Lipinski definition) is 11. The highest BCUT2D eigenvalue weighted by molar-refractivity contribution is 4.54. The van der Waals surface area contributed by atoms with E-state index in [1.165, 1.54) is 103 Å². The number of unbranched alkanes of at least 4 members (excludes halogenated alkanes) is 15. The molecule has 1 aliphatic rings. The van der Waals surface area contributed by atoms with Gasteiger partial charge in [0.05, 0.1) is 119 Å². The predicted molar refractivity (Wildman–Crippen MR) is 206 cm³/mol. The van der Waals surface area contributed by atoms with Crippen LogP contribution in [0, 0.1) is 0 Å². The molecule has 1 fully saturated rings. The van der Waals surface area contributed by atoms with Crippen molar-refractivity contribution in [3.8, 4) is 0 Å². The van der Waals surface area contributed by atoms with Gasteiger partial charge in [-0.05, 0) is 25.7 Å². The summed E-state index contributed by atoms with van der Waals surface area (Å²) in [6.07, 6.45) is 25.4. The van der Waals surface area contributed by atoms with Crippen LogP contribution in [0.5, 0.6) is 0 Å². The van der Waals surface area contributed by atoms with Crippen molar-refractivity contribution in [3.05, 3.63) is 0 Å². The average Bonchev–Trinajstić information content (AvgIpc) is 3.17. The summed E-state index contributed by atoms with van der Waals surface area (Å²) in [6, 6.07) is 0. The minimum absolute atomic E-state index is 0.0607. The quantitative estimate of drug-likeness (QED) is 0.0567. The molecule has 0 aromatic rings. The topological polar surface area (TPSA) is 102 Å². The number of hydrogen-bond donors (Lipinski definition) is 0. The van der Waals surface area contributed by atoms with Crippen molar-refractivity contribution >= 4 is 0 Å². The van der Waals surface area contributed by atoms with E-state index < -0.39 is 0 Å². The zero-order valence-electron chi connectivity index (χ0n) is 33.6. The van der Waals surface area contributed by atoms with Crippen LogP contribution in [0.1, 0.15) is 129 Å². The first-order valence-corrected chi connectivity index (χ1v) is 21.4. The Morgan fingerprint density at radius 3 is 0.923 bits per heavy atom. The van der Waals surface area contributed by atoms with E-state index in [1.54, 1.807) is 0 Å². The van der Waals surface area contributed by atoms with Crippen molar-refractivity contribution in [2.45, 2.75) is 135 Å². The summed E-state index contributed by atoms with van der Waals surface area (Å²) in [5.41, 5.74) is 0. The van der Waals surface area contributed by atoms with Crippen molar-refractivity contribution in [1.82, 2.24) is 0 Å². The van der Waals surface area contributed by atoms with Crippen molar-refractivity contribution in [2.24, 2.45) is 0 Å². The number of ether oxygens (including phenoxy) is 11. The molecule has 0 aromatic heterocycles. The SMILES string of the molecule is CCCCCCCCCCCCCCCCCCOCCOCCOCCOCCOCCOCCOCCOCCOCCOC1CCCCO1. The summed E-state index contributed by atoms with van der Waals surface area (Å²) in [7, 11) is 0. The summed E-state index contributed by atoms with van der Waals surface area (Å²) in [4.78, 5) is 0. The highest BCUT2D eigenvalue weighted by atomic mass is 16.7. The molecule has 52 heavy (non-hydrogen) atoms. The first-order chi connectivity index (χ1) is 25.9. The van der Waals surface area contributed by atoms with E-state index >= 15 is 0 Å². The molecule has 0 bridgehead atoms. The van der Waals surface area contributed by atoms with Gasteiger partial charge in [-0.1, -0.05) is 103 Å². The van der Waals surface area contributed by atoms with Gasteiger partial charge < -0.3 is 52.1 Å². The second-order valence-electron chi connectivity index (χ2n) is 13.5. The van der Waals surface area contributed by atoms with Gasteiger partial charge in [0.1, 0.15) is 0 Å². The van der Waals surface area contributed by atoms with Gasteiger partial charge in [-0.2, -0.15) is 0 Å². The van der Waals surface area contributed by atoms with E-state index in [1.807, 2.05) is 0 Å². The molecule has 0 aromatic carbocycles. The van der Waals surface area contributed by atoms with Crippen LogP contribution in [0.3, 0.4) is 0 Å².